The van der Waals surface area contributed by atoms with Crippen LogP contribution in [0.1, 0.15) is 13.3 Å². The van der Waals surface area contributed by atoms with Gasteiger partial charge in [0.25, 0.3) is 0 Å². The Labute approximate surface area is 88.4 Å². The summed E-state index contributed by atoms with van der Waals surface area (Å²) in [5, 5.41) is 3.20. The second kappa shape index (κ2) is 4.59. The van der Waals surface area contributed by atoms with E-state index >= 15 is 0 Å². The number of nitrogens with zero attached hydrogens (tertiary/aromatic N) is 2. The van der Waals surface area contributed by atoms with Crippen molar-refractivity contribution in [3.8, 4) is 11.6 Å². The molecule has 1 N–H and O–H groups in total. The van der Waals surface area contributed by atoms with E-state index in [2.05, 4.69) is 22.2 Å². The Morgan fingerprint density at radius 3 is 3.07 bits per heavy atom. The predicted octanol–water partition coefficient (Wildman–Crippen LogP) is 2.56. The Morgan fingerprint density at radius 1 is 1.40 bits per heavy atom. The third kappa shape index (κ3) is 2.34. The van der Waals surface area contributed by atoms with Crippen LogP contribution in [-0.4, -0.2) is 16.5 Å². The summed E-state index contributed by atoms with van der Waals surface area (Å²) in [7, 11) is 0. The molecule has 0 spiro atoms. The van der Waals surface area contributed by atoms with Gasteiger partial charge in [0.05, 0.1) is 6.26 Å². The molecule has 0 unspecified atom stereocenters. The van der Waals surface area contributed by atoms with Gasteiger partial charge in [-0.1, -0.05) is 6.92 Å². The summed E-state index contributed by atoms with van der Waals surface area (Å²) in [5.74, 6) is 2.13. The molecule has 78 valence electrons. The summed E-state index contributed by atoms with van der Waals surface area (Å²) in [6.45, 7) is 3.02. The molecule has 0 aliphatic heterocycles. The molecular weight excluding hydrogens is 190 g/mol. The predicted molar refractivity (Wildman–Crippen MR) is 58.5 cm³/mol. The van der Waals surface area contributed by atoms with Gasteiger partial charge in [0.15, 0.2) is 11.6 Å². The second-order valence-corrected chi connectivity index (χ2v) is 3.17. The summed E-state index contributed by atoms with van der Waals surface area (Å²) < 4.78 is 5.23. The standard InChI is InChI=1S/C11H13N3O/c1-2-6-12-10-5-7-13-11(14-10)9-4-3-8-15-9/h3-5,7-8H,2,6H2,1H3,(H,12,13,14). The molecule has 0 radical (unpaired) electrons. The van der Waals surface area contributed by atoms with Gasteiger partial charge in [-0.3, -0.25) is 0 Å². The maximum absolute atomic E-state index is 5.23. The lowest BCUT2D eigenvalue weighted by Gasteiger charge is -2.03. The van der Waals surface area contributed by atoms with Crippen LogP contribution in [0.4, 0.5) is 5.82 Å². The number of anilines is 1. The van der Waals surface area contributed by atoms with Crippen LogP contribution in [0.25, 0.3) is 11.6 Å². The van der Waals surface area contributed by atoms with Crippen LogP contribution < -0.4 is 5.32 Å². The van der Waals surface area contributed by atoms with Gasteiger partial charge in [-0.15, -0.1) is 0 Å². The Hall–Kier alpha value is -1.84. The van der Waals surface area contributed by atoms with E-state index in [1.807, 2.05) is 18.2 Å². The topological polar surface area (TPSA) is 51.0 Å². The minimum absolute atomic E-state index is 0.612. The average Bonchev–Trinajstić information content (AvgIpc) is 2.80. The monoisotopic (exact) mass is 203 g/mol. The number of aromatic nitrogens is 2. The van der Waals surface area contributed by atoms with Gasteiger partial charge in [-0.25, -0.2) is 9.97 Å². The van der Waals surface area contributed by atoms with Crippen LogP contribution in [0.2, 0.25) is 0 Å². The molecule has 0 saturated carbocycles. The van der Waals surface area contributed by atoms with E-state index < -0.39 is 0 Å². The molecule has 4 nitrogen and oxygen atoms in total. The normalized spacial score (nSPS) is 10.2. The quantitative estimate of drug-likeness (QED) is 0.829. The molecule has 0 saturated heterocycles. The number of furan rings is 1. The van der Waals surface area contributed by atoms with Crippen molar-refractivity contribution in [3.63, 3.8) is 0 Å². The first-order chi connectivity index (χ1) is 7.40. The van der Waals surface area contributed by atoms with E-state index in [4.69, 9.17) is 4.42 Å². The molecule has 15 heavy (non-hydrogen) atoms. The smallest absolute Gasteiger partial charge is 0.197 e. The molecule has 2 rings (SSSR count). The zero-order valence-electron chi connectivity index (χ0n) is 8.60. The highest BCUT2D eigenvalue weighted by atomic mass is 16.3. The average molecular weight is 203 g/mol. The van der Waals surface area contributed by atoms with Gasteiger partial charge in [-0.2, -0.15) is 0 Å². The fraction of sp³-hybridized carbons (Fsp3) is 0.273. The first-order valence-electron chi connectivity index (χ1n) is 5.01. The van der Waals surface area contributed by atoms with Crippen molar-refractivity contribution >= 4 is 5.82 Å². The summed E-state index contributed by atoms with van der Waals surface area (Å²) >= 11 is 0. The maximum atomic E-state index is 5.23. The van der Waals surface area contributed by atoms with E-state index in [-0.39, 0.29) is 0 Å². The summed E-state index contributed by atoms with van der Waals surface area (Å²) in [6, 6.07) is 5.52. The van der Waals surface area contributed by atoms with Gasteiger partial charge in [0.2, 0.25) is 0 Å². The first-order valence-corrected chi connectivity index (χ1v) is 5.01. The fourth-order valence-corrected chi connectivity index (χ4v) is 1.23. The third-order valence-corrected chi connectivity index (χ3v) is 1.95. The Morgan fingerprint density at radius 2 is 2.33 bits per heavy atom. The van der Waals surface area contributed by atoms with Crippen molar-refractivity contribution in [2.24, 2.45) is 0 Å². The molecule has 0 bridgehead atoms. The van der Waals surface area contributed by atoms with Gasteiger partial charge < -0.3 is 9.73 Å². The van der Waals surface area contributed by atoms with Crippen molar-refractivity contribution in [3.05, 3.63) is 30.7 Å². The third-order valence-electron chi connectivity index (χ3n) is 1.95. The maximum Gasteiger partial charge on any atom is 0.197 e. The molecule has 0 atom stereocenters. The highest BCUT2D eigenvalue weighted by Gasteiger charge is 2.04. The fourth-order valence-electron chi connectivity index (χ4n) is 1.23. The van der Waals surface area contributed by atoms with Gasteiger partial charge >= 0.3 is 0 Å². The van der Waals surface area contributed by atoms with Gasteiger partial charge in [-0.05, 0) is 24.6 Å². The van der Waals surface area contributed by atoms with Gasteiger partial charge in [0.1, 0.15) is 5.82 Å². The number of hydrogen-bond acceptors (Lipinski definition) is 4. The zero-order chi connectivity index (χ0) is 10.5. The van der Waals surface area contributed by atoms with Crippen LogP contribution in [0.5, 0.6) is 0 Å². The van der Waals surface area contributed by atoms with Crippen LogP contribution >= 0.6 is 0 Å². The van der Waals surface area contributed by atoms with Crippen molar-refractivity contribution in [1.82, 2.24) is 9.97 Å². The SMILES string of the molecule is CCCNc1ccnc(-c2ccco2)n1. The van der Waals surface area contributed by atoms with Gasteiger partial charge in [0, 0.05) is 12.7 Å². The molecule has 0 aromatic carbocycles. The summed E-state index contributed by atoms with van der Waals surface area (Å²) in [5.41, 5.74) is 0. The molecule has 2 heterocycles. The Balaban J connectivity index is 2.19. The van der Waals surface area contributed by atoms with E-state index in [1.165, 1.54) is 0 Å². The molecule has 0 amide bonds. The van der Waals surface area contributed by atoms with E-state index in [0.717, 1.165) is 18.8 Å². The largest absolute Gasteiger partial charge is 0.461 e. The molecule has 2 aromatic rings. The van der Waals surface area contributed by atoms with Crippen molar-refractivity contribution in [2.75, 3.05) is 11.9 Å². The summed E-state index contributed by atoms with van der Waals surface area (Å²) in [6.07, 6.45) is 4.41. The van der Waals surface area contributed by atoms with E-state index in [0.29, 0.717) is 11.6 Å². The minimum atomic E-state index is 0.612. The highest BCUT2D eigenvalue weighted by molar-refractivity contribution is 5.49. The van der Waals surface area contributed by atoms with Crippen molar-refractivity contribution in [2.45, 2.75) is 13.3 Å². The molecule has 0 aliphatic rings. The molecule has 0 fully saturated rings. The molecule has 0 aliphatic carbocycles. The number of nitrogens with one attached hydrogen (secondary N) is 1. The Kier molecular flexibility index (Phi) is 2.97. The lowest BCUT2D eigenvalue weighted by molar-refractivity contribution is 0.577. The number of rotatable bonds is 4. The Bertz CT molecular complexity index is 412. The van der Waals surface area contributed by atoms with Crippen LogP contribution in [0.15, 0.2) is 35.1 Å². The molecular formula is C11H13N3O. The highest BCUT2D eigenvalue weighted by Crippen LogP contribution is 2.16. The zero-order valence-corrected chi connectivity index (χ0v) is 8.60. The van der Waals surface area contributed by atoms with Crippen molar-refractivity contribution < 1.29 is 4.42 Å². The van der Waals surface area contributed by atoms with Crippen LogP contribution in [0, 0.1) is 0 Å². The molecule has 2 aromatic heterocycles. The lowest BCUT2D eigenvalue weighted by atomic mass is 10.4. The lowest BCUT2D eigenvalue weighted by Crippen LogP contribution is -2.02. The van der Waals surface area contributed by atoms with Crippen LogP contribution in [-0.2, 0) is 0 Å². The minimum Gasteiger partial charge on any atom is -0.461 e. The van der Waals surface area contributed by atoms with Crippen molar-refractivity contribution in [1.29, 1.82) is 0 Å². The second-order valence-electron chi connectivity index (χ2n) is 3.17. The molecule has 4 heteroatoms. The van der Waals surface area contributed by atoms with E-state index in [9.17, 15) is 0 Å². The van der Waals surface area contributed by atoms with E-state index in [1.54, 1.807) is 12.5 Å². The number of hydrogen-bond donors (Lipinski definition) is 1. The first kappa shape index (κ1) is 9.71. The van der Waals surface area contributed by atoms with Crippen LogP contribution in [0.3, 0.4) is 0 Å². The summed E-state index contributed by atoms with van der Waals surface area (Å²) in [4.78, 5) is 8.48.